The topological polar surface area (TPSA) is 81.1 Å². The van der Waals surface area contributed by atoms with Gasteiger partial charge in [0.1, 0.15) is 6.10 Å². The summed E-state index contributed by atoms with van der Waals surface area (Å²) in [5.41, 5.74) is 2.94. The van der Waals surface area contributed by atoms with E-state index in [1.54, 1.807) is 10.9 Å². The van der Waals surface area contributed by atoms with E-state index in [1.165, 1.54) is 0 Å². The molecule has 9 heteroatoms. The average Bonchev–Trinajstić information content (AvgIpc) is 2.92. The summed E-state index contributed by atoms with van der Waals surface area (Å²) in [4.78, 5) is 16.4. The van der Waals surface area contributed by atoms with Crippen molar-refractivity contribution >= 4 is 30.7 Å². The van der Waals surface area contributed by atoms with Crippen molar-refractivity contribution in [3.8, 4) is 5.82 Å². The molecular weight excluding hydrogens is 365 g/mol. The van der Waals surface area contributed by atoms with Gasteiger partial charge < -0.3 is 15.4 Å². The second kappa shape index (κ2) is 9.72. The maximum absolute atomic E-state index is 12.0. The van der Waals surface area contributed by atoms with E-state index in [1.807, 2.05) is 32.0 Å². The van der Waals surface area contributed by atoms with Gasteiger partial charge in [-0.2, -0.15) is 5.10 Å². The summed E-state index contributed by atoms with van der Waals surface area (Å²) in [7, 11) is 0. The Morgan fingerprint density at radius 1 is 1.40 bits per heavy atom. The van der Waals surface area contributed by atoms with E-state index in [9.17, 15) is 4.79 Å². The van der Waals surface area contributed by atoms with E-state index >= 15 is 0 Å². The molecule has 1 aliphatic rings. The maximum atomic E-state index is 12.0. The molecule has 0 aliphatic carbocycles. The normalized spacial score (nSPS) is 16.5. The molecule has 3 rings (SSSR count). The molecule has 0 spiro atoms. The predicted molar refractivity (Wildman–Crippen MR) is 99.8 cm³/mol. The highest BCUT2D eigenvalue weighted by atomic mass is 35.5. The second-order valence-corrected chi connectivity index (χ2v) is 5.64. The van der Waals surface area contributed by atoms with Crippen LogP contribution in [0.15, 0.2) is 24.4 Å². The number of carbonyl (C=O) groups is 1. The highest BCUT2D eigenvalue weighted by Gasteiger charge is 2.21. The third-order valence-electron chi connectivity index (χ3n) is 3.72. The Hall–Kier alpha value is -1.67. The molecule has 1 unspecified atom stereocenters. The number of aryl methyl sites for hydroxylation is 2. The van der Waals surface area contributed by atoms with Gasteiger partial charge in [-0.1, -0.05) is 6.07 Å². The number of ether oxygens (including phenoxy) is 1. The molecule has 3 heterocycles. The van der Waals surface area contributed by atoms with E-state index in [0.717, 1.165) is 29.3 Å². The number of nitrogens with one attached hydrogen (secondary N) is 2. The molecule has 0 radical (unpaired) electrons. The number of halogens is 2. The minimum atomic E-state index is -0.411. The summed E-state index contributed by atoms with van der Waals surface area (Å²) in [5, 5.41) is 10.4. The first-order valence-electron chi connectivity index (χ1n) is 7.72. The molecule has 0 saturated carbocycles. The maximum Gasteiger partial charge on any atom is 0.250 e. The minimum absolute atomic E-state index is 0. The molecule has 2 aromatic heterocycles. The molecule has 25 heavy (non-hydrogen) atoms. The molecule has 1 atom stereocenters. The molecule has 2 N–H and O–H groups in total. The lowest BCUT2D eigenvalue weighted by Gasteiger charge is -2.22. The molecule has 2 aromatic rings. The zero-order valence-corrected chi connectivity index (χ0v) is 15.8. The monoisotopic (exact) mass is 387 g/mol. The van der Waals surface area contributed by atoms with Crippen molar-refractivity contribution in [2.75, 3.05) is 19.7 Å². The van der Waals surface area contributed by atoms with Crippen molar-refractivity contribution < 1.29 is 9.53 Å². The molecule has 1 amide bonds. The van der Waals surface area contributed by atoms with Crippen LogP contribution in [0.4, 0.5) is 0 Å². The molecule has 7 nitrogen and oxygen atoms in total. The predicted octanol–water partition coefficient (Wildman–Crippen LogP) is 1.33. The summed E-state index contributed by atoms with van der Waals surface area (Å²) >= 11 is 0. The average molecular weight is 388 g/mol. The summed E-state index contributed by atoms with van der Waals surface area (Å²) in [5.74, 6) is 0.672. The summed E-state index contributed by atoms with van der Waals surface area (Å²) < 4.78 is 7.22. The van der Waals surface area contributed by atoms with Crippen LogP contribution in [0, 0.1) is 13.8 Å². The molecule has 1 aliphatic heterocycles. The van der Waals surface area contributed by atoms with Gasteiger partial charge in [0.15, 0.2) is 5.82 Å². The van der Waals surface area contributed by atoms with Crippen molar-refractivity contribution in [3.05, 3.63) is 41.3 Å². The smallest absolute Gasteiger partial charge is 0.250 e. The Kier molecular flexibility index (Phi) is 8.31. The van der Waals surface area contributed by atoms with Gasteiger partial charge in [0.2, 0.25) is 0 Å². The fraction of sp³-hybridized carbons (Fsp3) is 0.438. The Morgan fingerprint density at radius 2 is 2.20 bits per heavy atom. The Balaban J connectivity index is 0.00000156. The van der Waals surface area contributed by atoms with Crippen LogP contribution in [0.25, 0.3) is 5.82 Å². The number of nitrogens with zero attached hydrogens (tertiary/aromatic N) is 3. The first-order chi connectivity index (χ1) is 11.1. The summed E-state index contributed by atoms with van der Waals surface area (Å²) in [6.45, 7) is 6.30. The third-order valence-corrected chi connectivity index (χ3v) is 3.72. The van der Waals surface area contributed by atoms with Crippen molar-refractivity contribution in [1.82, 2.24) is 25.4 Å². The fourth-order valence-electron chi connectivity index (χ4n) is 2.54. The number of carbonyl (C=O) groups excluding carboxylic acids is 1. The second-order valence-electron chi connectivity index (χ2n) is 5.64. The first kappa shape index (κ1) is 21.4. The quantitative estimate of drug-likeness (QED) is 0.826. The Labute approximate surface area is 159 Å². The molecular formula is C16H23Cl2N5O2. The summed E-state index contributed by atoms with van der Waals surface area (Å²) in [6.07, 6.45) is 1.34. The standard InChI is InChI=1S/C16H21N5O2.2ClH/c1-11-7-12(2)21(20-11)15-4-3-13(8-18-15)9-19-16(22)14-10-17-5-6-23-14;;/h3-4,7-8,14,17H,5-6,9-10H2,1-2H3,(H,19,22);2*1H. The number of amides is 1. The molecule has 1 saturated heterocycles. The van der Waals surface area contributed by atoms with E-state index in [4.69, 9.17) is 4.74 Å². The van der Waals surface area contributed by atoms with Crippen LogP contribution >= 0.6 is 24.8 Å². The van der Waals surface area contributed by atoms with Crippen molar-refractivity contribution in [1.29, 1.82) is 0 Å². The van der Waals surface area contributed by atoms with Gasteiger partial charge in [0.05, 0.1) is 12.3 Å². The van der Waals surface area contributed by atoms with Crippen LogP contribution in [0.3, 0.4) is 0 Å². The van der Waals surface area contributed by atoms with Gasteiger partial charge in [-0.15, -0.1) is 24.8 Å². The fourth-order valence-corrected chi connectivity index (χ4v) is 2.54. The van der Waals surface area contributed by atoms with Gasteiger partial charge >= 0.3 is 0 Å². The molecule has 1 fully saturated rings. The van der Waals surface area contributed by atoms with E-state index in [2.05, 4.69) is 20.7 Å². The lowest BCUT2D eigenvalue weighted by Crippen LogP contribution is -2.47. The van der Waals surface area contributed by atoms with Crippen molar-refractivity contribution in [2.24, 2.45) is 0 Å². The zero-order chi connectivity index (χ0) is 16.2. The third kappa shape index (κ3) is 5.40. The van der Waals surface area contributed by atoms with Crippen molar-refractivity contribution in [2.45, 2.75) is 26.5 Å². The van der Waals surface area contributed by atoms with Crippen molar-refractivity contribution in [3.63, 3.8) is 0 Å². The number of morpholine rings is 1. The van der Waals surface area contributed by atoms with E-state index in [-0.39, 0.29) is 30.7 Å². The van der Waals surface area contributed by atoms with E-state index < -0.39 is 6.10 Å². The van der Waals surface area contributed by atoms with Crippen LogP contribution in [-0.2, 0) is 16.1 Å². The van der Waals surface area contributed by atoms with E-state index in [0.29, 0.717) is 19.7 Å². The zero-order valence-electron chi connectivity index (χ0n) is 14.2. The van der Waals surface area contributed by atoms with Crippen LogP contribution in [0.1, 0.15) is 17.0 Å². The molecule has 0 aromatic carbocycles. The minimum Gasteiger partial charge on any atom is -0.366 e. The Bertz CT molecular complexity index is 684. The summed E-state index contributed by atoms with van der Waals surface area (Å²) in [6, 6.07) is 5.85. The number of aromatic nitrogens is 3. The first-order valence-corrected chi connectivity index (χ1v) is 7.72. The SMILES string of the molecule is Cc1cc(C)n(-c2ccc(CNC(=O)C3CNCCO3)cn2)n1.Cl.Cl. The molecule has 138 valence electrons. The van der Waals surface area contributed by atoms with Gasteiger partial charge in [-0.05, 0) is 31.5 Å². The van der Waals surface area contributed by atoms with Gasteiger partial charge in [-0.25, -0.2) is 9.67 Å². The van der Waals surface area contributed by atoms with Crippen LogP contribution < -0.4 is 10.6 Å². The molecule has 0 bridgehead atoms. The van der Waals surface area contributed by atoms with Crippen LogP contribution in [0.5, 0.6) is 0 Å². The highest BCUT2D eigenvalue weighted by molar-refractivity contribution is 5.85. The van der Waals surface area contributed by atoms with Crippen LogP contribution in [-0.4, -0.2) is 46.5 Å². The largest absolute Gasteiger partial charge is 0.366 e. The number of rotatable bonds is 4. The number of hydrogen-bond donors (Lipinski definition) is 2. The van der Waals surface area contributed by atoms with Crippen LogP contribution in [0.2, 0.25) is 0 Å². The number of pyridine rings is 1. The van der Waals surface area contributed by atoms with Gasteiger partial charge in [0, 0.05) is 31.5 Å². The number of hydrogen-bond acceptors (Lipinski definition) is 5. The highest BCUT2D eigenvalue weighted by Crippen LogP contribution is 2.10. The Morgan fingerprint density at radius 3 is 2.76 bits per heavy atom. The van der Waals surface area contributed by atoms with Gasteiger partial charge in [0.25, 0.3) is 5.91 Å². The van der Waals surface area contributed by atoms with Gasteiger partial charge in [-0.3, -0.25) is 4.79 Å². The lowest BCUT2D eigenvalue weighted by atomic mass is 10.2. The lowest BCUT2D eigenvalue weighted by molar-refractivity contribution is -0.134.